The van der Waals surface area contributed by atoms with E-state index in [1.165, 1.54) is 6.42 Å². The van der Waals surface area contributed by atoms with Crippen molar-refractivity contribution in [2.24, 2.45) is 35.5 Å². The van der Waals surface area contributed by atoms with Gasteiger partial charge in [-0.15, -0.1) is 0 Å². The number of carbonyl (C=O) groups is 2. The molecule has 3 atom stereocenters. The third-order valence-corrected chi connectivity index (χ3v) is 13.4. The Balaban J connectivity index is 1.18. The number of hydrogen-bond donors (Lipinski definition) is 1. The number of hydrogen-bond acceptors (Lipinski definition) is 6. The van der Waals surface area contributed by atoms with E-state index in [0.29, 0.717) is 18.3 Å². The fourth-order valence-electron chi connectivity index (χ4n) is 8.84. The summed E-state index contributed by atoms with van der Waals surface area (Å²) in [5.74, 6) is 0.720. The van der Waals surface area contributed by atoms with E-state index in [4.69, 9.17) is 14.0 Å². The number of nitrogens with one attached hydrogen (secondary N) is 1. The van der Waals surface area contributed by atoms with E-state index in [1.54, 1.807) is 13.8 Å². The molecule has 0 heterocycles. The maximum atomic E-state index is 15.0. The van der Waals surface area contributed by atoms with Crippen LogP contribution in [0.4, 0.5) is 4.79 Å². The normalized spacial score (nSPS) is 27.7. The van der Waals surface area contributed by atoms with Gasteiger partial charge < -0.3 is 19.3 Å². The lowest BCUT2D eigenvalue weighted by Crippen LogP contribution is -2.50. The first-order valence-corrected chi connectivity index (χ1v) is 18.6. The van der Waals surface area contributed by atoms with Crippen LogP contribution in [0.25, 0.3) is 11.1 Å². The average molecular weight is 622 g/mol. The summed E-state index contributed by atoms with van der Waals surface area (Å²) in [6, 6.07) is 16.4. The van der Waals surface area contributed by atoms with Gasteiger partial charge in [-0.2, -0.15) is 0 Å². The van der Waals surface area contributed by atoms with Gasteiger partial charge in [0.05, 0.1) is 18.6 Å². The molecule has 238 valence electrons. The molecule has 4 bridgehead atoms. The van der Waals surface area contributed by atoms with Gasteiger partial charge >= 0.3 is 12.1 Å². The fourth-order valence-corrected chi connectivity index (χ4v) is 11.4. The number of rotatable bonds is 12. The lowest BCUT2D eigenvalue weighted by molar-refractivity contribution is -0.147. The molecule has 8 heteroatoms. The van der Waals surface area contributed by atoms with E-state index < -0.39 is 25.2 Å². The lowest BCUT2D eigenvalue weighted by Gasteiger charge is -2.54. The Hall–Kier alpha value is -2.63. The van der Waals surface area contributed by atoms with E-state index in [1.807, 2.05) is 38.1 Å². The highest BCUT2D eigenvalue weighted by molar-refractivity contribution is 7.59. The molecule has 0 spiro atoms. The number of amides is 1. The lowest BCUT2D eigenvalue weighted by atomic mass is 9.55. The van der Waals surface area contributed by atoms with Crippen LogP contribution in [0.2, 0.25) is 0 Å². The number of ether oxygens (including phenoxy) is 2. The van der Waals surface area contributed by atoms with Crippen molar-refractivity contribution in [3.8, 4) is 11.1 Å². The van der Waals surface area contributed by atoms with Crippen molar-refractivity contribution in [2.45, 2.75) is 84.0 Å². The Kier molecular flexibility index (Phi) is 9.27. The molecule has 1 unspecified atom stereocenters. The van der Waals surface area contributed by atoms with Crippen LogP contribution in [0, 0.1) is 35.5 Å². The third kappa shape index (κ3) is 6.37. The Bertz CT molecular complexity index is 1330. The van der Waals surface area contributed by atoms with Crippen molar-refractivity contribution >= 4 is 19.4 Å². The molecule has 7 rings (SSSR count). The van der Waals surface area contributed by atoms with E-state index in [0.717, 1.165) is 59.8 Å². The van der Waals surface area contributed by atoms with Gasteiger partial charge in [0.1, 0.15) is 12.4 Å². The molecule has 0 radical (unpaired) electrons. The van der Waals surface area contributed by atoms with Crippen molar-refractivity contribution in [3.63, 3.8) is 0 Å². The minimum atomic E-state index is -3.55. The molecule has 2 aromatic carbocycles. The van der Waals surface area contributed by atoms with E-state index >= 15 is 4.57 Å². The van der Waals surface area contributed by atoms with Crippen molar-refractivity contribution < 1.29 is 28.2 Å². The van der Waals surface area contributed by atoms with Crippen LogP contribution in [0.1, 0.15) is 83.3 Å². The van der Waals surface area contributed by atoms with Crippen LogP contribution in [0.15, 0.2) is 48.5 Å². The molecule has 0 saturated heterocycles. The quantitative estimate of drug-likeness (QED) is 0.190. The van der Waals surface area contributed by atoms with Gasteiger partial charge in [0.2, 0.25) is 7.37 Å². The van der Waals surface area contributed by atoms with Crippen LogP contribution in [0.3, 0.4) is 0 Å². The van der Waals surface area contributed by atoms with Crippen LogP contribution in [0.5, 0.6) is 0 Å². The molecule has 2 aromatic rings. The smallest absolute Gasteiger partial charge is 0.407 e. The van der Waals surface area contributed by atoms with E-state index in [9.17, 15) is 9.59 Å². The number of alkyl carbamates (subject to hydrolysis) is 1. The first kappa shape index (κ1) is 31.4. The molecule has 1 amide bonds. The number of benzene rings is 2. The second-order valence-corrected chi connectivity index (χ2v) is 16.9. The molecule has 5 aliphatic carbocycles. The van der Waals surface area contributed by atoms with Gasteiger partial charge in [-0.05, 0) is 104 Å². The zero-order valence-electron chi connectivity index (χ0n) is 26.6. The topological polar surface area (TPSA) is 90.9 Å². The molecule has 4 fully saturated rings. The van der Waals surface area contributed by atoms with Gasteiger partial charge in [0.25, 0.3) is 0 Å². The summed E-state index contributed by atoms with van der Waals surface area (Å²) in [5.41, 5.74) is 4.59. The van der Waals surface area contributed by atoms with Crippen LogP contribution >= 0.6 is 7.37 Å². The zero-order valence-corrected chi connectivity index (χ0v) is 27.5. The molecular formula is C36H48NO6P. The van der Waals surface area contributed by atoms with Gasteiger partial charge in [0, 0.05) is 12.1 Å². The molecule has 5 aliphatic rings. The SMILES string of the molecule is CCOC(=O)[C@@H](CC(C)C)CP(=O)(OC1C2CC3CC(C2)CC1C3)[C@H](C)NC(=O)OCC1c2ccccc2-c2ccccc21. The highest BCUT2D eigenvalue weighted by Crippen LogP contribution is 2.61. The van der Waals surface area contributed by atoms with Gasteiger partial charge in [-0.3, -0.25) is 9.36 Å². The van der Waals surface area contributed by atoms with E-state index in [2.05, 4.69) is 29.6 Å². The monoisotopic (exact) mass is 621 g/mol. The number of carbonyl (C=O) groups excluding carboxylic acids is 2. The first-order valence-electron chi connectivity index (χ1n) is 16.7. The van der Waals surface area contributed by atoms with Gasteiger partial charge in [-0.25, -0.2) is 4.79 Å². The summed E-state index contributed by atoms with van der Waals surface area (Å²) >= 11 is 0. The Morgan fingerprint density at radius 3 is 1.98 bits per heavy atom. The van der Waals surface area contributed by atoms with Gasteiger partial charge in [-0.1, -0.05) is 62.4 Å². The summed E-state index contributed by atoms with van der Waals surface area (Å²) in [4.78, 5) is 26.4. The molecule has 1 N–H and O–H groups in total. The molecule has 4 saturated carbocycles. The molecule has 0 aliphatic heterocycles. The molecular weight excluding hydrogens is 573 g/mol. The molecule has 44 heavy (non-hydrogen) atoms. The van der Waals surface area contributed by atoms with Crippen molar-refractivity contribution in [1.29, 1.82) is 0 Å². The maximum Gasteiger partial charge on any atom is 0.407 e. The second kappa shape index (κ2) is 13.0. The Morgan fingerprint density at radius 2 is 1.43 bits per heavy atom. The minimum Gasteiger partial charge on any atom is -0.466 e. The predicted octanol–water partition coefficient (Wildman–Crippen LogP) is 8.22. The Labute approximate surface area is 262 Å². The summed E-state index contributed by atoms with van der Waals surface area (Å²) in [6.45, 7) is 8.07. The van der Waals surface area contributed by atoms with Crippen molar-refractivity contribution in [1.82, 2.24) is 5.32 Å². The zero-order chi connectivity index (χ0) is 31.0. The number of fused-ring (bicyclic) bond motifs is 3. The molecule has 0 aromatic heterocycles. The highest BCUT2D eigenvalue weighted by atomic mass is 31.2. The van der Waals surface area contributed by atoms with Crippen LogP contribution < -0.4 is 5.32 Å². The highest BCUT2D eigenvalue weighted by Gasteiger charge is 2.52. The van der Waals surface area contributed by atoms with Crippen molar-refractivity contribution in [3.05, 3.63) is 59.7 Å². The summed E-state index contributed by atoms with van der Waals surface area (Å²) in [6.07, 6.45) is 5.70. The minimum absolute atomic E-state index is 0.0532. The van der Waals surface area contributed by atoms with Gasteiger partial charge in [0.15, 0.2) is 0 Å². The largest absolute Gasteiger partial charge is 0.466 e. The Morgan fingerprint density at radius 1 is 0.864 bits per heavy atom. The average Bonchev–Trinajstić information content (AvgIpc) is 3.30. The first-order chi connectivity index (χ1) is 21.1. The third-order valence-electron chi connectivity index (χ3n) is 10.6. The standard InChI is InChI=1S/C36H48NO6P/c1-5-41-35(38)28(14-22(2)3)21-44(40,43-34-26-16-24-15-25(18-26)19-27(34)17-24)23(4)37-36(39)42-20-33-31-12-8-6-10-29(31)30-11-7-9-13-32(30)33/h6-13,22-28,33-34H,5,14-21H2,1-4H3,(H,37,39)/t23-,24?,25?,26?,27?,28+,34?,44?/m1/s1. The number of esters is 1. The summed E-state index contributed by atoms with van der Waals surface area (Å²) in [5, 5.41) is 2.89. The van der Waals surface area contributed by atoms with Crippen molar-refractivity contribution in [2.75, 3.05) is 19.4 Å². The second-order valence-electron chi connectivity index (χ2n) is 14.1. The fraction of sp³-hybridized carbons (Fsp3) is 0.611. The maximum absolute atomic E-state index is 15.0. The summed E-state index contributed by atoms with van der Waals surface area (Å²) in [7, 11) is -3.55. The predicted molar refractivity (Wildman–Crippen MR) is 172 cm³/mol. The summed E-state index contributed by atoms with van der Waals surface area (Å²) < 4.78 is 33.0. The van der Waals surface area contributed by atoms with Crippen LogP contribution in [-0.2, 0) is 23.4 Å². The molecule has 7 nitrogen and oxygen atoms in total. The van der Waals surface area contributed by atoms with Crippen LogP contribution in [-0.4, -0.2) is 43.3 Å². The van der Waals surface area contributed by atoms with E-state index in [-0.39, 0.29) is 43.3 Å².